The molecule has 0 amide bonds. The van der Waals surface area contributed by atoms with Gasteiger partial charge in [-0.2, -0.15) is 0 Å². The molecule has 3 N–H and O–H groups in total. The molecule has 4 heteroatoms. The van der Waals surface area contributed by atoms with Crippen LogP contribution in [-0.4, -0.2) is 16.3 Å². The molecule has 1 heterocycles. The van der Waals surface area contributed by atoms with Crippen LogP contribution in [0.3, 0.4) is 0 Å². The van der Waals surface area contributed by atoms with Gasteiger partial charge in [-0.3, -0.25) is 0 Å². The standard InChI is InChI=1S/C12H15ClN2O/c1-15-7-10(13)9-6-8(2-3-12(9)15)11(14)4-5-16/h2-3,6-7,11,16H,4-5,14H2,1H3. The number of nitrogens with zero attached hydrogens (tertiary/aromatic N) is 1. The molecule has 1 unspecified atom stereocenters. The van der Waals surface area contributed by atoms with Gasteiger partial charge >= 0.3 is 0 Å². The lowest BCUT2D eigenvalue weighted by atomic mass is 10.0. The highest BCUT2D eigenvalue weighted by atomic mass is 35.5. The molecule has 0 saturated heterocycles. The number of hydrogen-bond acceptors (Lipinski definition) is 2. The molecular weight excluding hydrogens is 224 g/mol. The lowest BCUT2D eigenvalue weighted by molar-refractivity contribution is 0.276. The maximum Gasteiger partial charge on any atom is 0.0661 e. The van der Waals surface area contributed by atoms with Crippen molar-refractivity contribution in [2.24, 2.45) is 12.8 Å². The second kappa shape index (κ2) is 4.45. The Balaban J connectivity index is 2.47. The number of aromatic nitrogens is 1. The maximum absolute atomic E-state index is 8.86. The first-order valence-corrected chi connectivity index (χ1v) is 5.62. The number of benzene rings is 1. The Morgan fingerprint density at radius 2 is 2.25 bits per heavy atom. The summed E-state index contributed by atoms with van der Waals surface area (Å²) in [6.07, 6.45) is 2.45. The molecule has 86 valence electrons. The van der Waals surface area contributed by atoms with Crippen LogP contribution in [0.5, 0.6) is 0 Å². The minimum atomic E-state index is -0.134. The fourth-order valence-corrected chi connectivity index (χ4v) is 2.20. The average molecular weight is 239 g/mol. The van der Waals surface area contributed by atoms with Crippen molar-refractivity contribution < 1.29 is 5.11 Å². The Hall–Kier alpha value is -1.03. The number of rotatable bonds is 3. The van der Waals surface area contributed by atoms with Gasteiger partial charge in [0.1, 0.15) is 0 Å². The molecule has 1 aromatic carbocycles. The van der Waals surface area contributed by atoms with Gasteiger partial charge in [-0.05, 0) is 24.1 Å². The van der Waals surface area contributed by atoms with E-state index in [9.17, 15) is 0 Å². The van der Waals surface area contributed by atoms with Crippen molar-refractivity contribution in [3.63, 3.8) is 0 Å². The molecular formula is C12H15ClN2O. The third-order valence-corrected chi connectivity index (χ3v) is 3.13. The summed E-state index contributed by atoms with van der Waals surface area (Å²) in [6.45, 7) is 0.0989. The second-order valence-electron chi connectivity index (χ2n) is 3.98. The minimum absolute atomic E-state index is 0.0989. The van der Waals surface area contributed by atoms with E-state index >= 15 is 0 Å². The molecule has 0 radical (unpaired) electrons. The van der Waals surface area contributed by atoms with Crippen LogP contribution in [-0.2, 0) is 7.05 Å². The SMILES string of the molecule is Cn1cc(Cl)c2cc(C(N)CCO)ccc21. The van der Waals surface area contributed by atoms with Gasteiger partial charge in [-0.25, -0.2) is 0 Å². The number of aryl methyl sites for hydroxylation is 1. The number of nitrogens with two attached hydrogens (primary N) is 1. The third kappa shape index (κ3) is 1.94. The largest absolute Gasteiger partial charge is 0.396 e. The molecule has 16 heavy (non-hydrogen) atoms. The lowest BCUT2D eigenvalue weighted by Gasteiger charge is -2.10. The van der Waals surface area contributed by atoms with Crippen molar-refractivity contribution in [1.82, 2.24) is 4.57 Å². The molecule has 3 nitrogen and oxygen atoms in total. The van der Waals surface area contributed by atoms with Crippen LogP contribution in [0.1, 0.15) is 18.0 Å². The van der Waals surface area contributed by atoms with Crippen LogP contribution in [0.4, 0.5) is 0 Å². The Kier molecular flexibility index (Phi) is 3.19. The Morgan fingerprint density at radius 3 is 2.94 bits per heavy atom. The van der Waals surface area contributed by atoms with Crippen molar-refractivity contribution in [2.75, 3.05) is 6.61 Å². The van der Waals surface area contributed by atoms with Gasteiger partial charge < -0.3 is 15.4 Å². The minimum Gasteiger partial charge on any atom is -0.396 e. The molecule has 0 aliphatic rings. The van der Waals surface area contributed by atoms with E-state index in [0.29, 0.717) is 6.42 Å². The summed E-state index contributed by atoms with van der Waals surface area (Å²) < 4.78 is 1.99. The topological polar surface area (TPSA) is 51.2 Å². The summed E-state index contributed by atoms with van der Waals surface area (Å²) in [4.78, 5) is 0. The van der Waals surface area contributed by atoms with Crippen molar-refractivity contribution in [2.45, 2.75) is 12.5 Å². The lowest BCUT2D eigenvalue weighted by Crippen LogP contribution is -2.11. The summed E-state index contributed by atoms with van der Waals surface area (Å²) in [7, 11) is 1.96. The highest BCUT2D eigenvalue weighted by Gasteiger charge is 2.09. The molecule has 1 atom stereocenters. The first-order valence-electron chi connectivity index (χ1n) is 5.24. The monoisotopic (exact) mass is 238 g/mol. The predicted molar refractivity (Wildman–Crippen MR) is 66.6 cm³/mol. The summed E-state index contributed by atoms with van der Waals surface area (Å²) in [6, 6.07) is 5.86. The number of aliphatic hydroxyl groups excluding tert-OH is 1. The van der Waals surface area contributed by atoms with Crippen LogP contribution in [0.15, 0.2) is 24.4 Å². The fraction of sp³-hybridized carbons (Fsp3) is 0.333. The quantitative estimate of drug-likeness (QED) is 0.862. The zero-order valence-electron chi connectivity index (χ0n) is 9.15. The number of hydrogen-bond donors (Lipinski definition) is 2. The van der Waals surface area contributed by atoms with Gasteiger partial charge in [0.25, 0.3) is 0 Å². The van der Waals surface area contributed by atoms with Crippen LogP contribution < -0.4 is 5.73 Å². The van der Waals surface area contributed by atoms with E-state index in [1.807, 2.05) is 36.0 Å². The molecule has 0 spiro atoms. The average Bonchev–Trinajstić information content (AvgIpc) is 2.55. The number of aliphatic hydroxyl groups is 1. The van der Waals surface area contributed by atoms with Gasteiger partial charge in [0.15, 0.2) is 0 Å². The molecule has 2 rings (SSSR count). The highest BCUT2D eigenvalue weighted by Crippen LogP contribution is 2.28. The summed E-state index contributed by atoms with van der Waals surface area (Å²) in [5, 5.41) is 10.6. The summed E-state index contributed by atoms with van der Waals surface area (Å²) >= 11 is 6.12. The zero-order chi connectivity index (χ0) is 11.7. The highest BCUT2D eigenvalue weighted by molar-refractivity contribution is 6.35. The maximum atomic E-state index is 8.86. The molecule has 0 saturated carbocycles. The Bertz CT molecular complexity index is 507. The van der Waals surface area contributed by atoms with Gasteiger partial charge in [-0.15, -0.1) is 0 Å². The van der Waals surface area contributed by atoms with Crippen molar-refractivity contribution >= 4 is 22.5 Å². The first-order chi connectivity index (χ1) is 7.63. The van der Waals surface area contributed by atoms with E-state index in [4.69, 9.17) is 22.4 Å². The van der Waals surface area contributed by atoms with E-state index in [-0.39, 0.29) is 12.6 Å². The Labute approximate surface area is 99.4 Å². The fourth-order valence-electron chi connectivity index (χ4n) is 1.90. The smallest absolute Gasteiger partial charge is 0.0661 e. The van der Waals surface area contributed by atoms with Crippen molar-refractivity contribution in [3.8, 4) is 0 Å². The van der Waals surface area contributed by atoms with E-state index in [1.54, 1.807) is 0 Å². The van der Waals surface area contributed by atoms with Gasteiger partial charge in [0, 0.05) is 36.8 Å². The van der Waals surface area contributed by atoms with E-state index in [0.717, 1.165) is 21.5 Å². The molecule has 0 bridgehead atoms. The van der Waals surface area contributed by atoms with Gasteiger partial charge in [0.2, 0.25) is 0 Å². The number of fused-ring (bicyclic) bond motifs is 1. The van der Waals surface area contributed by atoms with E-state index in [1.165, 1.54) is 0 Å². The zero-order valence-corrected chi connectivity index (χ0v) is 9.91. The number of halogens is 1. The summed E-state index contributed by atoms with van der Waals surface area (Å²) in [5.41, 5.74) is 8.04. The van der Waals surface area contributed by atoms with Crippen molar-refractivity contribution in [3.05, 3.63) is 35.0 Å². The van der Waals surface area contributed by atoms with Crippen molar-refractivity contribution in [1.29, 1.82) is 0 Å². The molecule has 0 aliphatic carbocycles. The normalized spacial score (nSPS) is 13.2. The molecule has 0 fully saturated rings. The van der Waals surface area contributed by atoms with Gasteiger partial charge in [0.05, 0.1) is 5.02 Å². The molecule has 2 aromatic rings. The van der Waals surface area contributed by atoms with E-state index in [2.05, 4.69) is 0 Å². The third-order valence-electron chi connectivity index (χ3n) is 2.83. The summed E-state index contributed by atoms with van der Waals surface area (Å²) in [5.74, 6) is 0. The van der Waals surface area contributed by atoms with E-state index < -0.39 is 0 Å². The van der Waals surface area contributed by atoms with Crippen LogP contribution in [0, 0.1) is 0 Å². The van der Waals surface area contributed by atoms with Crippen LogP contribution in [0.25, 0.3) is 10.9 Å². The Morgan fingerprint density at radius 1 is 1.50 bits per heavy atom. The van der Waals surface area contributed by atoms with Crippen LogP contribution in [0.2, 0.25) is 5.02 Å². The van der Waals surface area contributed by atoms with Gasteiger partial charge in [-0.1, -0.05) is 17.7 Å². The first kappa shape index (κ1) is 11.5. The van der Waals surface area contributed by atoms with Crippen LogP contribution >= 0.6 is 11.6 Å². The molecule has 1 aromatic heterocycles. The predicted octanol–water partition coefficient (Wildman–Crippen LogP) is 2.21. The second-order valence-corrected chi connectivity index (χ2v) is 4.39. The molecule has 0 aliphatic heterocycles.